The van der Waals surface area contributed by atoms with Gasteiger partial charge in [-0.25, -0.2) is 27.1 Å². The third-order valence-electron chi connectivity index (χ3n) is 2.71. The summed E-state index contributed by atoms with van der Waals surface area (Å²) in [7, 11) is -4.37. The predicted molar refractivity (Wildman–Crippen MR) is 60.7 cm³/mol. The predicted octanol–water partition coefficient (Wildman–Crippen LogP) is 1.18. The van der Waals surface area contributed by atoms with Gasteiger partial charge in [-0.05, 0) is 30.9 Å². The van der Waals surface area contributed by atoms with Gasteiger partial charge in [0, 0.05) is 0 Å². The van der Waals surface area contributed by atoms with Crippen LogP contribution in [-0.4, -0.2) is 21.0 Å². The molecule has 0 spiro atoms. The first-order valence-corrected chi connectivity index (χ1v) is 7.03. The van der Waals surface area contributed by atoms with Gasteiger partial charge in [-0.1, -0.05) is 0 Å². The largest absolute Gasteiger partial charge is 0.462 e. The Morgan fingerprint density at radius 1 is 1.37 bits per heavy atom. The van der Waals surface area contributed by atoms with Gasteiger partial charge in [0.2, 0.25) is 10.0 Å². The van der Waals surface area contributed by atoms with Crippen molar-refractivity contribution in [2.75, 3.05) is 6.61 Å². The molecule has 5 nitrogen and oxygen atoms in total. The van der Waals surface area contributed by atoms with E-state index in [0.29, 0.717) is 12.1 Å². The highest BCUT2D eigenvalue weighted by molar-refractivity contribution is 7.89. The van der Waals surface area contributed by atoms with Crippen LogP contribution in [-0.2, 0) is 14.8 Å². The Kier molecular flexibility index (Phi) is 3.55. The van der Waals surface area contributed by atoms with E-state index >= 15 is 0 Å². The van der Waals surface area contributed by atoms with Crippen molar-refractivity contribution in [2.24, 2.45) is 11.1 Å². The minimum Gasteiger partial charge on any atom is -0.462 e. The average molecular weight is 291 g/mol. The number of ether oxygens (including phenoxy) is 1. The summed E-state index contributed by atoms with van der Waals surface area (Å²) in [6.45, 7) is 0.0668. The zero-order valence-electron chi connectivity index (χ0n) is 9.73. The van der Waals surface area contributed by atoms with Crippen LogP contribution in [0.2, 0.25) is 0 Å². The van der Waals surface area contributed by atoms with E-state index in [1.54, 1.807) is 0 Å². The molecular weight excluding hydrogens is 280 g/mol. The molecular formula is C11H11F2NO4S. The summed E-state index contributed by atoms with van der Waals surface area (Å²) in [5, 5.41) is 4.77. The lowest BCUT2D eigenvalue weighted by molar-refractivity contribution is 0.0474. The normalized spacial score (nSPS) is 15.3. The summed E-state index contributed by atoms with van der Waals surface area (Å²) in [4.78, 5) is 10.6. The fourth-order valence-electron chi connectivity index (χ4n) is 1.49. The molecule has 1 aromatic carbocycles. The molecule has 1 aliphatic rings. The van der Waals surface area contributed by atoms with E-state index in [2.05, 4.69) is 0 Å². The summed E-state index contributed by atoms with van der Waals surface area (Å²) in [5.41, 5.74) is -1.04. The van der Waals surface area contributed by atoms with Gasteiger partial charge in [-0.2, -0.15) is 0 Å². The molecule has 1 aromatic rings. The fourth-order valence-corrected chi connectivity index (χ4v) is 2.10. The monoisotopic (exact) mass is 291 g/mol. The molecule has 1 aliphatic carbocycles. The number of sulfonamides is 1. The lowest BCUT2D eigenvalue weighted by Gasteiger charge is -2.08. The number of benzene rings is 1. The van der Waals surface area contributed by atoms with Gasteiger partial charge in [-0.15, -0.1) is 0 Å². The number of nitrogens with two attached hydrogens (primary N) is 1. The van der Waals surface area contributed by atoms with Gasteiger partial charge in [0.1, 0.15) is 16.3 Å². The Balaban J connectivity index is 2.34. The van der Waals surface area contributed by atoms with E-state index in [0.717, 1.165) is 12.8 Å². The molecule has 0 aliphatic heterocycles. The second-order valence-corrected chi connectivity index (χ2v) is 5.85. The standard InChI is InChI=1S/C11H11F2NO4S/c12-7-3-4-8(19(14,16)17)10(13)9(7)11(15)18-5-6-1-2-6/h3-4,6H,1-2,5H2,(H2,14,16,17). The molecule has 0 amide bonds. The number of carbonyl (C=O) groups is 1. The fraction of sp³-hybridized carbons (Fsp3) is 0.364. The maximum absolute atomic E-state index is 13.8. The van der Waals surface area contributed by atoms with Crippen LogP contribution in [0.25, 0.3) is 0 Å². The van der Waals surface area contributed by atoms with E-state index < -0.39 is 38.1 Å². The Labute approximate surface area is 108 Å². The molecule has 0 aromatic heterocycles. The summed E-state index contributed by atoms with van der Waals surface area (Å²) in [5.74, 6) is -3.72. The zero-order chi connectivity index (χ0) is 14.2. The number of hydrogen-bond acceptors (Lipinski definition) is 4. The topological polar surface area (TPSA) is 86.5 Å². The van der Waals surface area contributed by atoms with E-state index in [1.165, 1.54) is 0 Å². The first-order chi connectivity index (χ1) is 8.80. The van der Waals surface area contributed by atoms with Crippen molar-refractivity contribution >= 4 is 16.0 Å². The van der Waals surface area contributed by atoms with Gasteiger partial charge in [-0.3, -0.25) is 0 Å². The van der Waals surface area contributed by atoms with E-state index in [-0.39, 0.29) is 12.5 Å². The maximum Gasteiger partial charge on any atom is 0.344 e. The Hall–Kier alpha value is -1.54. The first-order valence-electron chi connectivity index (χ1n) is 5.48. The number of carbonyl (C=O) groups excluding carboxylic acids is 1. The average Bonchev–Trinajstić information content (AvgIpc) is 3.08. The molecule has 0 atom stereocenters. The maximum atomic E-state index is 13.8. The van der Waals surface area contributed by atoms with E-state index in [9.17, 15) is 22.0 Å². The molecule has 2 rings (SSSR count). The van der Waals surface area contributed by atoms with Crippen molar-refractivity contribution < 1.29 is 26.7 Å². The highest BCUT2D eigenvalue weighted by atomic mass is 32.2. The molecule has 0 bridgehead atoms. The summed E-state index contributed by atoms with van der Waals surface area (Å²) in [6.07, 6.45) is 1.80. The third-order valence-corrected chi connectivity index (χ3v) is 3.64. The highest BCUT2D eigenvalue weighted by Crippen LogP contribution is 2.29. The number of esters is 1. The summed E-state index contributed by atoms with van der Waals surface area (Å²) in [6, 6.07) is 1.33. The van der Waals surface area contributed by atoms with Gasteiger partial charge in [0.15, 0.2) is 5.82 Å². The molecule has 2 N–H and O–H groups in total. The Bertz CT molecular complexity index is 626. The number of primary sulfonamides is 1. The van der Waals surface area contributed by atoms with Crippen molar-refractivity contribution in [2.45, 2.75) is 17.7 Å². The number of rotatable bonds is 4. The molecule has 104 valence electrons. The summed E-state index contributed by atoms with van der Waals surface area (Å²) >= 11 is 0. The van der Waals surface area contributed by atoms with Crippen LogP contribution >= 0.6 is 0 Å². The molecule has 0 unspecified atom stereocenters. The van der Waals surface area contributed by atoms with Gasteiger partial charge in [0.05, 0.1) is 6.61 Å². The van der Waals surface area contributed by atoms with Gasteiger partial charge < -0.3 is 4.74 Å². The quantitative estimate of drug-likeness (QED) is 0.844. The van der Waals surface area contributed by atoms with Crippen molar-refractivity contribution in [1.29, 1.82) is 0 Å². The molecule has 1 saturated carbocycles. The summed E-state index contributed by atoms with van der Waals surface area (Å²) < 4.78 is 54.1. The SMILES string of the molecule is NS(=O)(=O)c1ccc(F)c(C(=O)OCC2CC2)c1F. The zero-order valence-corrected chi connectivity index (χ0v) is 10.5. The van der Waals surface area contributed by atoms with Crippen molar-refractivity contribution in [3.8, 4) is 0 Å². The molecule has 1 fully saturated rings. The lowest BCUT2D eigenvalue weighted by atomic mass is 10.2. The van der Waals surface area contributed by atoms with Crippen molar-refractivity contribution in [3.05, 3.63) is 29.3 Å². The van der Waals surface area contributed by atoms with Crippen LogP contribution in [0.1, 0.15) is 23.2 Å². The van der Waals surface area contributed by atoms with E-state index in [1.807, 2.05) is 0 Å². The third kappa shape index (κ3) is 3.07. The lowest BCUT2D eigenvalue weighted by Crippen LogP contribution is -2.18. The van der Waals surface area contributed by atoms with Crippen LogP contribution in [0.5, 0.6) is 0 Å². The molecule has 0 saturated heterocycles. The number of halogens is 2. The molecule has 0 radical (unpaired) electrons. The number of hydrogen-bond donors (Lipinski definition) is 1. The van der Waals surface area contributed by atoms with E-state index in [4.69, 9.17) is 9.88 Å². The van der Waals surface area contributed by atoms with Crippen LogP contribution in [0.3, 0.4) is 0 Å². The Morgan fingerprint density at radius 3 is 2.53 bits per heavy atom. The second-order valence-electron chi connectivity index (χ2n) is 4.32. The smallest absolute Gasteiger partial charge is 0.344 e. The van der Waals surface area contributed by atoms with Gasteiger partial charge >= 0.3 is 5.97 Å². The Morgan fingerprint density at radius 2 is 2.00 bits per heavy atom. The van der Waals surface area contributed by atoms with Gasteiger partial charge in [0.25, 0.3) is 0 Å². The van der Waals surface area contributed by atoms with Crippen LogP contribution < -0.4 is 5.14 Å². The molecule has 8 heteroatoms. The minimum atomic E-state index is -4.37. The van der Waals surface area contributed by atoms with Crippen molar-refractivity contribution in [1.82, 2.24) is 0 Å². The van der Waals surface area contributed by atoms with Crippen molar-refractivity contribution in [3.63, 3.8) is 0 Å². The van der Waals surface area contributed by atoms with Crippen LogP contribution in [0, 0.1) is 17.6 Å². The molecule has 0 heterocycles. The van der Waals surface area contributed by atoms with Crippen LogP contribution in [0.15, 0.2) is 17.0 Å². The highest BCUT2D eigenvalue weighted by Gasteiger charge is 2.28. The minimum absolute atomic E-state index is 0.0668. The molecule has 19 heavy (non-hydrogen) atoms. The van der Waals surface area contributed by atoms with Crippen LogP contribution in [0.4, 0.5) is 8.78 Å². The first kappa shape index (κ1) is 13.9. The second kappa shape index (κ2) is 4.86.